The molecule has 0 radical (unpaired) electrons. The third kappa shape index (κ3) is 5.82. The van der Waals surface area contributed by atoms with Gasteiger partial charge in [-0.3, -0.25) is 4.68 Å². The summed E-state index contributed by atoms with van der Waals surface area (Å²) in [5, 5.41) is 10.8. The molecule has 2 N–H and O–H groups in total. The molecule has 120 valence electrons. The van der Waals surface area contributed by atoms with Gasteiger partial charge < -0.3 is 15.4 Å². The van der Waals surface area contributed by atoms with Crippen molar-refractivity contribution in [1.29, 1.82) is 0 Å². The van der Waals surface area contributed by atoms with Gasteiger partial charge >= 0.3 is 0 Å². The molecule has 6 nitrogen and oxygen atoms in total. The molecule has 1 unspecified atom stereocenters. The maximum Gasteiger partial charge on any atom is 0.191 e. The Labute approximate surface area is 143 Å². The molecule has 0 bridgehead atoms. The Balaban J connectivity index is 0.00000220. The van der Waals surface area contributed by atoms with Crippen LogP contribution >= 0.6 is 24.0 Å². The highest BCUT2D eigenvalue weighted by molar-refractivity contribution is 14.0. The molecule has 0 aromatic carbocycles. The lowest BCUT2D eigenvalue weighted by Crippen LogP contribution is -2.45. The first kappa shape index (κ1) is 18.2. The molecule has 2 heterocycles. The van der Waals surface area contributed by atoms with E-state index in [1.807, 2.05) is 19.4 Å². The minimum Gasteiger partial charge on any atom is -0.373 e. The van der Waals surface area contributed by atoms with Crippen molar-refractivity contribution in [1.82, 2.24) is 20.4 Å². The van der Waals surface area contributed by atoms with Crippen LogP contribution in [0.2, 0.25) is 0 Å². The maximum absolute atomic E-state index is 5.78. The van der Waals surface area contributed by atoms with Gasteiger partial charge in [0.15, 0.2) is 5.96 Å². The Kier molecular flexibility index (Phi) is 7.44. The topological polar surface area (TPSA) is 63.5 Å². The van der Waals surface area contributed by atoms with Gasteiger partial charge in [-0.05, 0) is 26.7 Å². The largest absolute Gasteiger partial charge is 0.373 e. The minimum atomic E-state index is -0.0650. The van der Waals surface area contributed by atoms with Crippen LogP contribution < -0.4 is 10.6 Å². The van der Waals surface area contributed by atoms with Crippen LogP contribution in [0.1, 0.15) is 32.3 Å². The summed E-state index contributed by atoms with van der Waals surface area (Å²) in [6, 6.07) is 0. The van der Waals surface area contributed by atoms with E-state index < -0.39 is 0 Å². The number of aryl methyl sites for hydroxylation is 1. The molecule has 0 spiro atoms. The van der Waals surface area contributed by atoms with Crippen molar-refractivity contribution >= 4 is 29.9 Å². The maximum atomic E-state index is 5.78. The van der Waals surface area contributed by atoms with E-state index in [9.17, 15) is 0 Å². The lowest BCUT2D eigenvalue weighted by molar-refractivity contribution is 0.0243. The molecule has 1 atom stereocenters. The first-order valence-corrected chi connectivity index (χ1v) is 7.25. The molecule has 2 rings (SSSR count). The lowest BCUT2D eigenvalue weighted by atomic mass is 10.0. The van der Waals surface area contributed by atoms with Crippen LogP contribution in [0.5, 0.6) is 0 Å². The Morgan fingerprint density at radius 2 is 2.33 bits per heavy atom. The number of rotatable bonds is 5. The highest BCUT2D eigenvalue weighted by Gasteiger charge is 2.29. The van der Waals surface area contributed by atoms with Gasteiger partial charge in [-0.15, -0.1) is 24.0 Å². The molecule has 21 heavy (non-hydrogen) atoms. The summed E-state index contributed by atoms with van der Waals surface area (Å²) in [5.74, 6) is 0.827. The summed E-state index contributed by atoms with van der Waals surface area (Å²) in [5.41, 5.74) is 1.04. The van der Waals surface area contributed by atoms with Gasteiger partial charge in [0.2, 0.25) is 0 Å². The molecular formula is C14H26IN5O. The third-order valence-corrected chi connectivity index (χ3v) is 3.45. The van der Waals surface area contributed by atoms with E-state index in [0.717, 1.165) is 44.1 Å². The fraction of sp³-hybridized carbons (Fsp3) is 0.714. The SMILES string of the molecule is CCNC(=NCc1cnn(C)c1)NCC1(C)CCCO1.I. The average molecular weight is 407 g/mol. The predicted octanol–water partition coefficient (Wildman–Crippen LogP) is 1.66. The smallest absolute Gasteiger partial charge is 0.191 e. The van der Waals surface area contributed by atoms with E-state index >= 15 is 0 Å². The lowest BCUT2D eigenvalue weighted by Gasteiger charge is -2.24. The van der Waals surface area contributed by atoms with Crippen molar-refractivity contribution in [3.05, 3.63) is 18.0 Å². The van der Waals surface area contributed by atoms with Crippen molar-refractivity contribution in [2.75, 3.05) is 19.7 Å². The van der Waals surface area contributed by atoms with Crippen LogP contribution in [0.4, 0.5) is 0 Å². The summed E-state index contributed by atoms with van der Waals surface area (Å²) in [7, 11) is 1.91. The Bertz CT molecular complexity index is 454. The number of hydrogen-bond acceptors (Lipinski definition) is 3. The second-order valence-corrected chi connectivity index (χ2v) is 5.47. The molecule has 1 saturated heterocycles. The Morgan fingerprint density at radius 3 is 2.90 bits per heavy atom. The first-order chi connectivity index (χ1) is 9.61. The van der Waals surface area contributed by atoms with E-state index in [4.69, 9.17) is 4.74 Å². The number of aromatic nitrogens is 2. The molecular weight excluding hydrogens is 381 g/mol. The second-order valence-electron chi connectivity index (χ2n) is 5.47. The van der Waals surface area contributed by atoms with Crippen molar-refractivity contribution < 1.29 is 4.74 Å². The monoisotopic (exact) mass is 407 g/mol. The molecule has 1 aromatic rings. The zero-order valence-corrected chi connectivity index (χ0v) is 15.4. The second kappa shape index (κ2) is 8.57. The Morgan fingerprint density at radius 1 is 1.52 bits per heavy atom. The van der Waals surface area contributed by atoms with Gasteiger partial charge in [0.05, 0.1) is 18.3 Å². The molecule has 1 aromatic heterocycles. The van der Waals surface area contributed by atoms with Gasteiger partial charge in [-0.1, -0.05) is 0 Å². The van der Waals surface area contributed by atoms with Crippen LogP contribution in [0.3, 0.4) is 0 Å². The molecule has 0 saturated carbocycles. The van der Waals surface area contributed by atoms with Crippen LogP contribution in [0.25, 0.3) is 0 Å². The molecule has 7 heteroatoms. The van der Waals surface area contributed by atoms with Gasteiger partial charge in [-0.2, -0.15) is 5.10 Å². The number of halogens is 1. The van der Waals surface area contributed by atoms with Gasteiger partial charge in [-0.25, -0.2) is 4.99 Å². The van der Waals surface area contributed by atoms with Crippen LogP contribution in [0, 0.1) is 0 Å². The van der Waals surface area contributed by atoms with Crippen LogP contribution in [-0.4, -0.2) is 41.0 Å². The van der Waals surface area contributed by atoms with Crippen molar-refractivity contribution in [3.63, 3.8) is 0 Å². The van der Waals surface area contributed by atoms with E-state index in [2.05, 4.69) is 34.6 Å². The number of hydrogen-bond donors (Lipinski definition) is 2. The standard InChI is InChI=1S/C14H25N5O.HI/c1-4-15-13(16-8-12-9-18-19(3)10-12)17-11-14(2)6-5-7-20-14;/h9-10H,4-8,11H2,1-3H3,(H2,15,16,17);1H. The normalized spacial score (nSPS) is 22.0. The highest BCUT2D eigenvalue weighted by atomic mass is 127. The van der Waals surface area contributed by atoms with E-state index in [0.29, 0.717) is 6.54 Å². The third-order valence-electron chi connectivity index (χ3n) is 3.45. The summed E-state index contributed by atoms with van der Waals surface area (Å²) in [4.78, 5) is 4.57. The summed E-state index contributed by atoms with van der Waals surface area (Å²) < 4.78 is 7.57. The Hall–Kier alpha value is -0.830. The number of nitrogens with zero attached hydrogens (tertiary/aromatic N) is 3. The van der Waals surface area contributed by atoms with Crippen molar-refractivity contribution in [2.24, 2.45) is 12.0 Å². The van der Waals surface area contributed by atoms with Crippen molar-refractivity contribution in [2.45, 2.75) is 38.8 Å². The zero-order valence-electron chi connectivity index (χ0n) is 13.1. The van der Waals surface area contributed by atoms with E-state index in [1.165, 1.54) is 0 Å². The fourth-order valence-corrected chi connectivity index (χ4v) is 2.31. The van der Waals surface area contributed by atoms with Crippen molar-refractivity contribution in [3.8, 4) is 0 Å². The van der Waals surface area contributed by atoms with Gasteiger partial charge in [0.1, 0.15) is 0 Å². The molecule has 0 aliphatic carbocycles. The summed E-state index contributed by atoms with van der Waals surface area (Å²) in [6.45, 7) is 7.33. The number of ether oxygens (including phenoxy) is 1. The van der Waals surface area contributed by atoms with E-state index in [1.54, 1.807) is 4.68 Å². The molecule has 1 aliphatic heterocycles. The fourth-order valence-electron chi connectivity index (χ4n) is 2.31. The average Bonchev–Trinajstić information content (AvgIpc) is 3.03. The quantitative estimate of drug-likeness (QED) is 0.443. The summed E-state index contributed by atoms with van der Waals surface area (Å²) >= 11 is 0. The van der Waals surface area contributed by atoms with Crippen LogP contribution in [-0.2, 0) is 18.3 Å². The summed E-state index contributed by atoms with van der Waals surface area (Å²) in [6.07, 6.45) is 6.06. The molecule has 1 aliphatic rings. The minimum absolute atomic E-state index is 0. The first-order valence-electron chi connectivity index (χ1n) is 7.25. The molecule has 1 fully saturated rings. The zero-order chi connectivity index (χ0) is 14.4. The van der Waals surface area contributed by atoms with Crippen LogP contribution in [0.15, 0.2) is 17.4 Å². The number of guanidine groups is 1. The predicted molar refractivity (Wildman–Crippen MR) is 95.0 cm³/mol. The highest BCUT2D eigenvalue weighted by Crippen LogP contribution is 2.23. The number of aliphatic imine (C=N–C) groups is 1. The number of nitrogens with one attached hydrogen (secondary N) is 2. The molecule has 0 amide bonds. The van der Waals surface area contributed by atoms with E-state index in [-0.39, 0.29) is 29.6 Å². The van der Waals surface area contributed by atoms with Gasteiger partial charge in [0, 0.05) is 38.5 Å². The van der Waals surface area contributed by atoms with Gasteiger partial charge in [0.25, 0.3) is 0 Å².